The monoisotopic (exact) mass is 486 g/mol. The Labute approximate surface area is 198 Å². The average molecular weight is 487 g/mol. The lowest BCUT2D eigenvalue weighted by atomic mass is 10.1. The molecular weight excluding hydrogens is 466 g/mol. The number of thioether (sulfide) groups is 1. The highest BCUT2D eigenvalue weighted by Gasteiger charge is 2.25. The number of methoxy groups -OCH3 is 1. The first-order chi connectivity index (χ1) is 16.5. The molecule has 0 unspecified atom stereocenters. The molecule has 34 heavy (non-hydrogen) atoms. The summed E-state index contributed by atoms with van der Waals surface area (Å²) in [5, 5.41) is 13.7. The number of alkyl halides is 2. The molecule has 0 amide bonds. The fraction of sp³-hybridized carbons (Fsp3) is 0.217. The molecule has 2 aromatic carbocycles. The van der Waals surface area contributed by atoms with E-state index in [9.17, 15) is 13.6 Å². The summed E-state index contributed by atoms with van der Waals surface area (Å²) in [6.45, 7) is -1.02. The molecule has 0 aliphatic carbocycles. The lowest BCUT2D eigenvalue weighted by Crippen LogP contribution is -2.21. The first kappa shape index (κ1) is 23.4. The molecule has 0 bridgehead atoms. The first-order valence-electron chi connectivity index (χ1n) is 10.2. The normalized spacial score (nSPS) is 13.3. The molecule has 0 radical (unpaired) electrons. The van der Waals surface area contributed by atoms with Crippen LogP contribution in [0.5, 0.6) is 11.5 Å². The van der Waals surface area contributed by atoms with Gasteiger partial charge in [-0.1, -0.05) is 23.9 Å². The molecule has 2 heterocycles. The van der Waals surface area contributed by atoms with Gasteiger partial charge >= 0.3 is 12.6 Å². The van der Waals surface area contributed by atoms with E-state index in [-0.39, 0.29) is 17.9 Å². The molecule has 0 saturated heterocycles. The van der Waals surface area contributed by atoms with E-state index < -0.39 is 12.6 Å². The van der Waals surface area contributed by atoms with Gasteiger partial charge in [-0.05, 0) is 55.0 Å². The summed E-state index contributed by atoms with van der Waals surface area (Å²) in [6.07, 6.45) is 1.60. The van der Waals surface area contributed by atoms with E-state index in [4.69, 9.17) is 9.47 Å². The van der Waals surface area contributed by atoms with Crippen LogP contribution in [-0.2, 0) is 9.53 Å². The predicted octanol–water partition coefficient (Wildman–Crippen LogP) is 4.51. The minimum absolute atomic E-state index is 0.0219. The van der Waals surface area contributed by atoms with E-state index in [2.05, 4.69) is 20.0 Å². The summed E-state index contributed by atoms with van der Waals surface area (Å²) in [4.78, 5) is 12.8. The Hall–Kier alpha value is -3.73. The van der Waals surface area contributed by atoms with Crippen LogP contribution in [0.4, 0.5) is 8.78 Å². The number of carbonyl (C=O) groups is 1. The second kappa shape index (κ2) is 10.5. The number of rotatable bonds is 8. The van der Waals surface area contributed by atoms with Crippen LogP contribution >= 0.6 is 11.8 Å². The van der Waals surface area contributed by atoms with Crippen molar-refractivity contribution in [1.29, 1.82) is 0 Å². The lowest BCUT2D eigenvalue weighted by molar-refractivity contribution is -0.137. The number of ether oxygens (including phenoxy) is 3. The summed E-state index contributed by atoms with van der Waals surface area (Å²) >= 11 is 1.39. The van der Waals surface area contributed by atoms with E-state index in [0.29, 0.717) is 33.8 Å². The molecule has 3 aromatic rings. The van der Waals surface area contributed by atoms with Crippen molar-refractivity contribution in [3.8, 4) is 22.9 Å². The molecule has 1 aliphatic heterocycles. The Bertz CT molecular complexity index is 1220. The topological polar surface area (TPSA) is 87.8 Å². The van der Waals surface area contributed by atoms with E-state index in [1.807, 2.05) is 24.3 Å². The number of esters is 1. The molecule has 8 nitrogen and oxygen atoms in total. The van der Waals surface area contributed by atoms with E-state index in [0.717, 1.165) is 5.56 Å². The van der Waals surface area contributed by atoms with Gasteiger partial charge in [0, 0.05) is 11.3 Å². The number of hydrogen-bond donors (Lipinski definition) is 0. The van der Waals surface area contributed by atoms with Gasteiger partial charge in [0.05, 0.1) is 25.0 Å². The maximum Gasteiger partial charge on any atom is 0.387 e. The van der Waals surface area contributed by atoms with Gasteiger partial charge in [0.25, 0.3) is 0 Å². The van der Waals surface area contributed by atoms with Crippen LogP contribution in [0.1, 0.15) is 12.5 Å². The molecule has 1 aliphatic rings. The van der Waals surface area contributed by atoms with Crippen LogP contribution in [0.15, 0.2) is 64.4 Å². The molecule has 0 atom stereocenters. The quantitative estimate of drug-likeness (QED) is 0.342. The first-order valence-corrected chi connectivity index (χ1v) is 11.2. The highest BCUT2D eigenvalue weighted by molar-refractivity contribution is 7.99. The van der Waals surface area contributed by atoms with Crippen molar-refractivity contribution in [3.05, 3.63) is 59.7 Å². The Kier molecular flexibility index (Phi) is 7.21. The van der Waals surface area contributed by atoms with Crippen LogP contribution in [0.2, 0.25) is 0 Å². The molecule has 1 aromatic heterocycles. The van der Waals surface area contributed by atoms with E-state index in [1.54, 1.807) is 36.9 Å². The molecule has 0 spiro atoms. The summed E-state index contributed by atoms with van der Waals surface area (Å²) in [5.41, 5.74) is 2.10. The van der Waals surface area contributed by atoms with Crippen molar-refractivity contribution >= 4 is 29.5 Å². The lowest BCUT2D eigenvalue weighted by Gasteiger charge is -2.16. The van der Waals surface area contributed by atoms with Gasteiger partial charge < -0.3 is 14.2 Å². The second-order valence-electron chi connectivity index (χ2n) is 6.91. The molecule has 176 valence electrons. The number of benzene rings is 2. The molecule has 11 heteroatoms. The summed E-state index contributed by atoms with van der Waals surface area (Å²) in [6, 6.07) is 13.2. The number of fused-ring (bicyclic) bond motifs is 1. The zero-order chi connectivity index (χ0) is 24.1. The standard InChI is InChI=1S/C23H20F2N4O4S/c1-3-32-21(30)18(12-14-4-8-17(9-5-14)33-22(24)25)19-13-34-23-27-26-20(29(23)28-19)15-6-10-16(31-2)11-7-15/h4-12,22H,3,13H2,1-2H3/b18-12-. The van der Waals surface area contributed by atoms with Crippen LogP contribution in [-0.4, -0.2) is 52.6 Å². The third kappa shape index (κ3) is 5.25. The molecular formula is C23H20F2N4O4S. The van der Waals surface area contributed by atoms with Gasteiger partial charge in [-0.2, -0.15) is 18.6 Å². The number of aromatic nitrogens is 3. The van der Waals surface area contributed by atoms with Crippen molar-refractivity contribution in [2.75, 3.05) is 19.5 Å². The van der Waals surface area contributed by atoms with Crippen molar-refractivity contribution < 1.29 is 27.8 Å². The summed E-state index contributed by atoms with van der Waals surface area (Å²) in [5.74, 6) is 1.07. The van der Waals surface area contributed by atoms with Gasteiger partial charge in [-0.15, -0.1) is 10.2 Å². The Morgan fingerprint density at radius 2 is 1.82 bits per heavy atom. The number of hydrogen-bond acceptors (Lipinski definition) is 8. The minimum atomic E-state index is -2.91. The maximum atomic E-state index is 12.8. The highest BCUT2D eigenvalue weighted by Crippen LogP contribution is 2.30. The minimum Gasteiger partial charge on any atom is -0.497 e. The summed E-state index contributed by atoms with van der Waals surface area (Å²) < 4.78 is 41.2. The third-order valence-electron chi connectivity index (χ3n) is 4.74. The van der Waals surface area contributed by atoms with Crippen molar-refractivity contribution in [2.45, 2.75) is 18.7 Å². The Morgan fingerprint density at radius 3 is 2.47 bits per heavy atom. The van der Waals surface area contributed by atoms with Gasteiger partial charge in [0.15, 0.2) is 5.82 Å². The largest absolute Gasteiger partial charge is 0.497 e. The SMILES string of the molecule is CCOC(=O)/C(=C\c1ccc(OC(F)F)cc1)C1=Nn2c(nnc2-c2ccc(OC)cc2)SC1. The predicted molar refractivity (Wildman–Crippen MR) is 123 cm³/mol. The third-order valence-corrected chi connectivity index (χ3v) is 5.67. The van der Waals surface area contributed by atoms with Crippen LogP contribution in [0, 0.1) is 0 Å². The van der Waals surface area contributed by atoms with Gasteiger partial charge in [0.1, 0.15) is 11.5 Å². The molecule has 0 N–H and O–H groups in total. The van der Waals surface area contributed by atoms with Gasteiger partial charge in [-0.3, -0.25) is 0 Å². The highest BCUT2D eigenvalue weighted by atomic mass is 32.2. The molecule has 4 rings (SSSR count). The van der Waals surface area contributed by atoms with Crippen molar-refractivity contribution in [1.82, 2.24) is 14.9 Å². The smallest absolute Gasteiger partial charge is 0.387 e. The number of nitrogens with zero attached hydrogens (tertiary/aromatic N) is 4. The fourth-order valence-electron chi connectivity index (χ4n) is 3.16. The maximum absolute atomic E-state index is 12.8. The van der Waals surface area contributed by atoms with Crippen LogP contribution in [0.3, 0.4) is 0 Å². The van der Waals surface area contributed by atoms with Crippen molar-refractivity contribution in [3.63, 3.8) is 0 Å². The van der Waals surface area contributed by atoms with Crippen molar-refractivity contribution in [2.24, 2.45) is 5.10 Å². The van der Waals surface area contributed by atoms with E-state index in [1.165, 1.54) is 23.9 Å². The zero-order valence-electron chi connectivity index (χ0n) is 18.3. The van der Waals surface area contributed by atoms with Crippen LogP contribution < -0.4 is 9.47 Å². The van der Waals surface area contributed by atoms with Gasteiger partial charge in [-0.25, -0.2) is 4.79 Å². The Balaban J connectivity index is 1.70. The number of halogens is 2. The number of carbonyl (C=O) groups excluding carboxylic acids is 1. The summed E-state index contributed by atoms with van der Waals surface area (Å²) in [7, 11) is 1.59. The molecule has 0 fully saturated rings. The molecule has 0 saturated carbocycles. The second-order valence-corrected chi connectivity index (χ2v) is 7.85. The Morgan fingerprint density at radius 1 is 1.12 bits per heavy atom. The average Bonchev–Trinajstić information content (AvgIpc) is 3.26. The zero-order valence-corrected chi connectivity index (χ0v) is 19.1. The van der Waals surface area contributed by atoms with E-state index >= 15 is 0 Å². The van der Waals surface area contributed by atoms with Gasteiger partial charge in [0.2, 0.25) is 5.16 Å². The fourth-order valence-corrected chi connectivity index (χ4v) is 3.99. The van der Waals surface area contributed by atoms with Crippen LogP contribution in [0.25, 0.3) is 17.5 Å².